The first-order chi connectivity index (χ1) is 21.4. The molecular formula is C40H33BN2Si. The molecule has 0 saturated heterocycles. The van der Waals surface area contributed by atoms with Crippen molar-refractivity contribution < 1.29 is 0 Å². The van der Waals surface area contributed by atoms with Crippen LogP contribution >= 0.6 is 0 Å². The second-order valence-corrected chi connectivity index (χ2v) is 16.9. The van der Waals surface area contributed by atoms with Gasteiger partial charge in [-0.1, -0.05) is 95.8 Å². The Labute approximate surface area is 261 Å². The number of aryl methyl sites for hydroxylation is 3. The maximum absolute atomic E-state index is 2.60. The van der Waals surface area contributed by atoms with Gasteiger partial charge in [-0.25, -0.2) is 0 Å². The van der Waals surface area contributed by atoms with Crippen LogP contribution in [0, 0.1) is 20.8 Å². The van der Waals surface area contributed by atoms with Gasteiger partial charge in [0.2, 0.25) is 0 Å². The molecule has 9 rings (SSSR count). The first-order valence-electron chi connectivity index (χ1n) is 15.7. The van der Waals surface area contributed by atoms with E-state index < -0.39 is 8.07 Å². The third kappa shape index (κ3) is 3.32. The van der Waals surface area contributed by atoms with Crippen molar-refractivity contribution >= 4 is 80.9 Å². The molecule has 210 valence electrons. The minimum absolute atomic E-state index is 0.181. The van der Waals surface area contributed by atoms with Crippen LogP contribution < -0.4 is 41.7 Å². The van der Waals surface area contributed by atoms with Crippen LogP contribution in [0.5, 0.6) is 0 Å². The number of benzene rings is 6. The zero-order valence-electron chi connectivity index (χ0n) is 25.6. The van der Waals surface area contributed by atoms with E-state index in [9.17, 15) is 0 Å². The normalized spacial score (nSPS) is 14.9. The molecule has 0 aliphatic carbocycles. The summed E-state index contributed by atoms with van der Waals surface area (Å²) >= 11 is 0. The Hall–Kier alpha value is -4.80. The third-order valence-electron chi connectivity index (χ3n) is 10.2. The van der Waals surface area contributed by atoms with Gasteiger partial charge in [-0.15, -0.1) is 0 Å². The standard InChI is InChI=1S/C40H33BN2Si/c1-26-20-32-38-33(21-26)43(30-16-10-6-11-17-30)35-23-28(3)25-37-40(35)41(38)39-34(42(32)29-14-8-5-9-15-29)22-27(2)24-36(39)44(37,4)31-18-12-7-13-19-31/h5-25H,1-4H3. The minimum atomic E-state index is -2.42. The van der Waals surface area contributed by atoms with Crippen molar-refractivity contribution in [2.75, 3.05) is 9.80 Å². The lowest BCUT2D eigenvalue weighted by atomic mass is 9.33. The van der Waals surface area contributed by atoms with E-state index in [4.69, 9.17) is 0 Å². The molecule has 44 heavy (non-hydrogen) atoms. The Balaban J connectivity index is 1.50. The molecule has 2 nitrogen and oxygen atoms in total. The van der Waals surface area contributed by atoms with Gasteiger partial charge in [0.05, 0.1) is 0 Å². The molecule has 4 heteroatoms. The monoisotopic (exact) mass is 580 g/mol. The molecule has 0 amide bonds. The van der Waals surface area contributed by atoms with Gasteiger partial charge in [-0.05, 0) is 108 Å². The molecule has 6 aromatic carbocycles. The summed E-state index contributed by atoms with van der Waals surface area (Å²) in [6, 6.07) is 48.1. The molecule has 0 spiro atoms. The highest BCUT2D eigenvalue weighted by atomic mass is 28.3. The summed E-state index contributed by atoms with van der Waals surface area (Å²) in [7, 11) is -2.42. The lowest BCUT2D eigenvalue weighted by Crippen LogP contribution is -2.83. The lowest BCUT2D eigenvalue weighted by molar-refractivity contribution is 1.23. The number of hydrogen-bond donors (Lipinski definition) is 0. The molecule has 0 fully saturated rings. The summed E-state index contributed by atoms with van der Waals surface area (Å²) in [6.07, 6.45) is 0. The number of nitrogens with zero attached hydrogens (tertiary/aromatic N) is 2. The third-order valence-corrected chi connectivity index (χ3v) is 14.6. The van der Waals surface area contributed by atoms with Crippen LogP contribution in [0.15, 0.2) is 127 Å². The molecule has 3 aliphatic rings. The van der Waals surface area contributed by atoms with Gasteiger partial charge in [0, 0.05) is 34.1 Å². The van der Waals surface area contributed by atoms with Gasteiger partial charge in [0.15, 0.2) is 0 Å². The van der Waals surface area contributed by atoms with Gasteiger partial charge in [0.25, 0.3) is 6.71 Å². The van der Waals surface area contributed by atoms with Crippen molar-refractivity contribution in [2.24, 2.45) is 0 Å². The van der Waals surface area contributed by atoms with Crippen LogP contribution in [-0.2, 0) is 0 Å². The van der Waals surface area contributed by atoms with E-state index in [0.29, 0.717) is 0 Å². The summed E-state index contributed by atoms with van der Waals surface area (Å²) in [5.41, 5.74) is 16.0. The van der Waals surface area contributed by atoms with Gasteiger partial charge < -0.3 is 9.80 Å². The topological polar surface area (TPSA) is 6.48 Å². The fourth-order valence-electron chi connectivity index (χ4n) is 8.42. The van der Waals surface area contributed by atoms with Crippen LogP contribution in [-0.4, -0.2) is 14.8 Å². The van der Waals surface area contributed by atoms with Crippen molar-refractivity contribution in [1.29, 1.82) is 0 Å². The molecule has 0 unspecified atom stereocenters. The second kappa shape index (κ2) is 9.11. The van der Waals surface area contributed by atoms with E-state index in [1.54, 1.807) is 10.4 Å². The SMILES string of the molecule is Cc1cc2c3c(c1)N(c1ccccc1)c1cc(C)cc4c1B3c1c(cc(C)cc1[Si]4(C)c1ccccc1)N2c1ccccc1. The fraction of sp³-hybridized carbons (Fsp3) is 0.100. The Morgan fingerprint density at radius 2 is 0.818 bits per heavy atom. The van der Waals surface area contributed by atoms with E-state index in [1.807, 2.05) is 0 Å². The Morgan fingerprint density at radius 3 is 1.25 bits per heavy atom. The Bertz CT molecular complexity index is 2000. The molecule has 3 aliphatic heterocycles. The number of rotatable bonds is 3. The van der Waals surface area contributed by atoms with E-state index in [2.05, 4.69) is 165 Å². The fourth-order valence-corrected chi connectivity index (χ4v) is 12.8. The Morgan fingerprint density at radius 1 is 0.455 bits per heavy atom. The molecule has 6 aromatic rings. The van der Waals surface area contributed by atoms with Crippen molar-refractivity contribution in [3.8, 4) is 0 Å². The maximum atomic E-state index is 2.60. The average molecular weight is 581 g/mol. The van der Waals surface area contributed by atoms with Crippen LogP contribution in [0.3, 0.4) is 0 Å². The molecule has 0 atom stereocenters. The van der Waals surface area contributed by atoms with Crippen molar-refractivity contribution in [3.63, 3.8) is 0 Å². The number of hydrogen-bond acceptors (Lipinski definition) is 2. The summed E-state index contributed by atoms with van der Waals surface area (Å²) in [4.78, 5) is 5.11. The highest BCUT2D eigenvalue weighted by molar-refractivity contribution is 7.21. The Kier molecular flexibility index (Phi) is 5.31. The first kappa shape index (κ1) is 25.7. The van der Waals surface area contributed by atoms with E-state index in [0.717, 1.165) is 0 Å². The predicted molar refractivity (Wildman–Crippen MR) is 192 cm³/mol. The molecular weight excluding hydrogens is 547 g/mol. The zero-order valence-corrected chi connectivity index (χ0v) is 26.6. The molecule has 3 heterocycles. The number of anilines is 6. The first-order valence-corrected chi connectivity index (χ1v) is 18.2. The second-order valence-electron chi connectivity index (χ2n) is 13.0. The summed E-state index contributed by atoms with van der Waals surface area (Å²) in [5.74, 6) is 0. The highest BCUT2D eigenvalue weighted by Gasteiger charge is 2.53. The lowest BCUT2D eigenvalue weighted by Gasteiger charge is -2.51. The van der Waals surface area contributed by atoms with Gasteiger partial charge in [0.1, 0.15) is 8.07 Å². The number of para-hydroxylation sites is 2. The highest BCUT2D eigenvalue weighted by Crippen LogP contribution is 2.45. The minimum Gasteiger partial charge on any atom is -0.311 e. The van der Waals surface area contributed by atoms with Gasteiger partial charge in [-0.3, -0.25) is 0 Å². The van der Waals surface area contributed by atoms with Crippen LogP contribution in [0.2, 0.25) is 6.55 Å². The van der Waals surface area contributed by atoms with Gasteiger partial charge >= 0.3 is 0 Å². The summed E-state index contributed by atoms with van der Waals surface area (Å²) in [5, 5.41) is 4.58. The molecule has 0 aromatic heterocycles. The van der Waals surface area contributed by atoms with Gasteiger partial charge in [-0.2, -0.15) is 0 Å². The zero-order chi connectivity index (χ0) is 29.7. The average Bonchev–Trinajstić information content (AvgIpc) is 3.04. The van der Waals surface area contributed by atoms with Crippen LogP contribution in [0.4, 0.5) is 34.1 Å². The summed E-state index contributed by atoms with van der Waals surface area (Å²) < 4.78 is 0. The van der Waals surface area contributed by atoms with Crippen molar-refractivity contribution in [3.05, 3.63) is 144 Å². The predicted octanol–water partition coefficient (Wildman–Crippen LogP) is 6.11. The smallest absolute Gasteiger partial charge is 0.251 e. The van der Waals surface area contributed by atoms with Crippen LogP contribution in [0.1, 0.15) is 16.7 Å². The largest absolute Gasteiger partial charge is 0.311 e. The van der Waals surface area contributed by atoms with E-state index in [-0.39, 0.29) is 6.71 Å². The van der Waals surface area contributed by atoms with Crippen molar-refractivity contribution in [2.45, 2.75) is 27.3 Å². The maximum Gasteiger partial charge on any atom is 0.251 e. The quantitative estimate of drug-likeness (QED) is 0.233. The van der Waals surface area contributed by atoms with Crippen LogP contribution in [0.25, 0.3) is 0 Å². The van der Waals surface area contributed by atoms with Crippen molar-refractivity contribution in [1.82, 2.24) is 0 Å². The molecule has 0 N–H and O–H groups in total. The molecule has 0 radical (unpaired) electrons. The molecule has 0 saturated carbocycles. The summed E-state index contributed by atoms with van der Waals surface area (Å²) in [6.45, 7) is 9.60. The van der Waals surface area contributed by atoms with E-state index >= 15 is 0 Å². The molecule has 0 bridgehead atoms. The van der Waals surface area contributed by atoms with E-state index in [1.165, 1.54) is 72.4 Å².